The van der Waals surface area contributed by atoms with E-state index in [1.807, 2.05) is 12.1 Å². The molecule has 0 fully saturated rings. The Kier molecular flexibility index (Phi) is 4.13. The van der Waals surface area contributed by atoms with Crippen molar-refractivity contribution >= 4 is 5.70 Å². The summed E-state index contributed by atoms with van der Waals surface area (Å²) in [4.78, 5) is 4.00. The molecule has 0 aliphatic rings. The zero-order valence-electron chi connectivity index (χ0n) is 10.7. The van der Waals surface area contributed by atoms with Crippen LogP contribution in [0.25, 0.3) is 5.70 Å². The molecule has 0 atom stereocenters. The van der Waals surface area contributed by atoms with Crippen molar-refractivity contribution < 1.29 is 0 Å². The van der Waals surface area contributed by atoms with Crippen molar-refractivity contribution in [1.29, 1.82) is 0 Å². The molecule has 1 heterocycles. The average Bonchev–Trinajstić information content (AvgIpc) is 2.46. The summed E-state index contributed by atoms with van der Waals surface area (Å²) in [5, 5.41) is 3.33. The van der Waals surface area contributed by atoms with E-state index in [4.69, 9.17) is 0 Å². The SMILES string of the molecule is C=C(NCc1ccncc1)c1ccc(CC)cc1. The quantitative estimate of drug-likeness (QED) is 0.863. The van der Waals surface area contributed by atoms with Crippen LogP contribution in [0.4, 0.5) is 0 Å². The van der Waals surface area contributed by atoms with E-state index in [9.17, 15) is 0 Å². The van der Waals surface area contributed by atoms with Gasteiger partial charge in [0, 0.05) is 24.6 Å². The summed E-state index contributed by atoms with van der Waals surface area (Å²) in [5.74, 6) is 0. The zero-order chi connectivity index (χ0) is 12.8. The van der Waals surface area contributed by atoms with Crippen LogP contribution in [0.2, 0.25) is 0 Å². The van der Waals surface area contributed by atoms with Crippen molar-refractivity contribution in [2.24, 2.45) is 0 Å². The number of benzene rings is 1. The molecule has 0 bridgehead atoms. The van der Waals surface area contributed by atoms with Crippen LogP contribution < -0.4 is 5.32 Å². The fraction of sp³-hybridized carbons (Fsp3) is 0.188. The Morgan fingerprint density at radius 3 is 2.33 bits per heavy atom. The zero-order valence-corrected chi connectivity index (χ0v) is 10.7. The van der Waals surface area contributed by atoms with Gasteiger partial charge in [-0.1, -0.05) is 37.8 Å². The van der Waals surface area contributed by atoms with Crippen LogP contribution in [0.1, 0.15) is 23.6 Å². The van der Waals surface area contributed by atoms with Crippen molar-refractivity contribution in [2.75, 3.05) is 0 Å². The molecule has 0 amide bonds. The van der Waals surface area contributed by atoms with Crippen molar-refractivity contribution in [1.82, 2.24) is 10.3 Å². The molecule has 18 heavy (non-hydrogen) atoms. The third-order valence-electron chi connectivity index (χ3n) is 2.97. The van der Waals surface area contributed by atoms with E-state index in [0.717, 1.165) is 24.2 Å². The molecule has 0 unspecified atom stereocenters. The Bertz CT molecular complexity index is 500. The Morgan fingerprint density at radius 1 is 1.06 bits per heavy atom. The molecule has 0 spiro atoms. The van der Waals surface area contributed by atoms with Gasteiger partial charge in [0.1, 0.15) is 0 Å². The molecule has 1 N–H and O–H groups in total. The lowest BCUT2D eigenvalue weighted by Crippen LogP contribution is -2.10. The molecular formula is C16H18N2. The van der Waals surface area contributed by atoms with Crippen molar-refractivity contribution in [3.8, 4) is 0 Å². The Hall–Kier alpha value is -2.09. The molecule has 1 aromatic carbocycles. The number of pyridine rings is 1. The lowest BCUT2D eigenvalue weighted by Gasteiger charge is -2.10. The maximum absolute atomic E-state index is 4.07. The van der Waals surface area contributed by atoms with E-state index in [1.165, 1.54) is 11.1 Å². The monoisotopic (exact) mass is 238 g/mol. The van der Waals surface area contributed by atoms with Crippen LogP contribution in [0.15, 0.2) is 55.4 Å². The minimum absolute atomic E-state index is 0.775. The highest BCUT2D eigenvalue weighted by molar-refractivity contribution is 5.61. The second-order valence-corrected chi connectivity index (χ2v) is 4.24. The molecule has 2 rings (SSSR count). The van der Waals surface area contributed by atoms with E-state index < -0.39 is 0 Å². The largest absolute Gasteiger partial charge is 0.381 e. The smallest absolute Gasteiger partial charge is 0.0401 e. The Morgan fingerprint density at radius 2 is 1.72 bits per heavy atom. The summed E-state index contributed by atoms with van der Waals surface area (Å²) in [6.45, 7) is 7.00. The van der Waals surface area contributed by atoms with E-state index in [1.54, 1.807) is 12.4 Å². The second-order valence-electron chi connectivity index (χ2n) is 4.24. The maximum atomic E-state index is 4.07. The maximum Gasteiger partial charge on any atom is 0.0401 e. The molecule has 2 aromatic rings. The lowest BCUT2D eigenvalue weighted by atomic mass is 10.1. The van der Waals surface area contributed by atoms with Gasteiger partial charge in [0.2, 0.25) is 0 Å². The number of aromatic nitrogens is 1. The summed E-state index contributed by atoms with van der Waals surface area (Å²) in [5.41, 5.74) is 4.65. The van der Waals surface area contributed by atoms with Gasteiger partial charge < -0.3 is 5.32 Å². The van der Waals surface area contributed by atoms with Gasteiger partial charge in [-0.25, -0.2) is 0 Å². The summed E-state index contributed by atoms with van der Waals surface area (Å²) < 4.78 is 0. The van der Waals surface area contributed by atoms with Crippen molar-refractivity contribution in [3.05, 3.63) is 72.1 Å². The first kappa shape index (κ1) is 12.4. The van der Waals surface area contributed by atoms with E-state index >= 15 is 0 Å². The molecule has 0 aliphatic heterocycles. The van der Waals surface area contributed by atoms with Gasteiger partial charge >= 0.3 is 0 Å². The highest BCUT2D eigenvalue weighted by Crippen LogP contribution is 2.12. The minimum atomic E-state index is 0.775. The van der Waals surface area contributed by atoms with Gasteiger partial charge in [0.05, 0.1) is 0 Å². The molecule has 0 saturated heterocycles. The van der Waals surface area contributed by atoms with Crippen molar-refractivity contribution in [2.45, 2.75) is 19.9 Å². The first-order chi connectivity index (χ1) is 8.79. The Balaban J connectivity index is 1.95. The highest BCUT2D eigenvalue weighted by Gasteiger charge is 1.99. The van der Waals surface area contributed by atoms with E-state index in [2.05, 4.69) is 48.1 Å². The van der Waals surface area contributed by atoms with Crippen LogP contribution in [0.3, 0.4) is 0 Å². The third-order valence-corrected chi connectivity index (χ3v) is 2.97. The van der Waals surface area contributed by atoms with Gasteiger partial charge in [-0.3, -0.25) is 4.98 Å². The fourth-order valence-electron chi connectivity index (χ4n) is 1.75. The number of nitrogens with zero attached hydrogens (tertiary/aromatic N) is 1. The molecule has 92 valence electrons. The molecule has 2 nitrogen and oxygen atoms in total. The lowest BCUT2D eigenvalue weighted by molar-refractivity contribution is 0.888. The topological polar surface area (TPSA) is 24.9 Å². The predicted molar refractivity (Wildman–Crippen MR) is 75.9 cm³/mol. The van der Waals surface area contributed by atoms with E-state index in [0.29, 0.717) is 0 Å². The van der Waals surface area contributed by atoms with Crippen LogP contribution in [0.5, 0.6) is 0 Å². The van der Waals surface area contributed by atoms with Gasteiger partial charge in [-0.05, 0) is 35.2 Å². The first-order valence-electron chi connectivity index (χ1n) is 6.20. The van der Waals surface area contributed by atoms with Gasteiger partial charge in [-0.2, -0.15) is 0 Å². The second kappa shape index (κ2) is 6.01. The van der Waals surface area contributed by atoms with E-state index in [-0.39, 0.29) is 0 Å². The van der Waals surface area contributed by atoms with Crippen molar-refractivity contribution in [3.63, 3.8) is 0 Å². The Labute approximate surface area is 108 Å². The van der Waals surface area contributed by atoms with Gasteiger partial charge in [-0.15, -0.1) is 0 Å². The average molecular weight is 238 g/mol. The number of nitrogens with one attached hydrogen (secondary N) is 1. The molecule has 0 aliphatic carbocycles. The molecule has 1 aromatic heterocycles. The normalized spacial score (nSPS) is 10.1. The summed E-state index contributed by atoms with van der Waals surface area (Å²) >= 11 is 0. The molecule has 2 heteroatoms. The first-order valence-corrected chi connectivity index (χ1v) is 6.20. The highest BCUT2D eigenvalue weighted by atomic mass is 14.9. The van der Waals surface area contributed by atoms with Crippen LogP contribution in [-0.2, 0) is 13.0 Å². The van der Waals surface area contributed by atoms with Gasteiger partial charge in [0.15, 0.2) is 0 Å². The molecule has 0 saturated carbocycles. The summed E-state index contributed by atoms with van der Waals surface area (Å²) in [7, 11) is 0. The standard InChI is InChI=1S/C16H18N2/c1-3-14-4-6-16(7-5-14)13(2)18-12-15-8-10-17-11-9-15/h4-11,18H,2-3,12H2,1H3. The number of hydrogen-bond donors (Lipinski definition) is 1. The summed E-state index contributed by atoms with van der Waals surface area (Å²) in [6, 6.07) is 12.5. The molecular weight excluding hydrogens is 220 g/mol. The number of rotatable bonds is 5. The molecule has 0 radical (unpaired) electrons. The third kappa shape index (κ3) is 3.20. The van der Waals surface area contributed by atoms with Crippen LogP contribution >= 0.6 is 0 Å². The minimum Gasteiger partial charge on any atom is -0.381 e. The summed E-state index contributed by atoms with van der Waals surface area (Å²) in [6.07, 6.45) is 4.67. The fourth-order valence-corrected chi connectivity index (χ4v) is 1.75. The number of aryl methyl sites for hydroxylation is 1. The van der Waals surface area contributed by atoms with Crippen LogP contribution in [0, 0.1) is 0 Å². The predicted octanol–water partition coefficient (Wildman–Crippen LogP) is 3.40. The van der Waals surface area contributed by atoms with Gasteiger partial charge in [0.25, 0.3) is 0 Å². The number of hydrogen-bond acceptors (Lipinski definition) is 2. The van der Waals surface area contributed by atoms with Crippen LogP contribution in [-0.4, -0.2) is 4.98 Å².